The zero-order chi connectivity index (χ0) is 36.3. The number of carbonyl (C=O) groups is 3. The lowest BCUT2D eigenvalue weighted by atomic mass is 9.33. The van der Waals surface area contributed by atoms with Crippen LogP contribution in [0.3, 0.4) is 0 Å². The van der Waals surface area contributed by atoms with E-state index in [0.29, 0.717) is 44.9 Å². The minimum Gasteiger partial charge on any atom is -0.481 e. The van der Waals surface area contributed by atoms with E-state index in [1.807, 2.05) is 13.0 Å². The van der Waals surface area contributed by atoms with Crippen LogP contribution in [0.15, 0.2) is 11.6 Å². The van der Waals surface area contributed by atoms with Crippen molar-refractivity contribution in [2.24, 2.45) is 50.2 Å². The first kappa shape index (κ1) is 36.9. The zero-order valence-electron chi connectivity index (χ0n) is 30.4. The molecule has 6 aliphatic rings. The van der Waals surface area contributed by atoms with Gasteiger partial charge in [0.15, 0.2) is 12.1 Å². The van der Waals surface area contributed by atoms with Gasteiger partial charge in [0.25, 0.3) is 0 Å². The van der Waals surface area contributed by atoms with Crippen molar-refractivity contribution in [3.8, 4) is 0 Å². The first-order valence-corrected chi connectivity index (χ1v) is 18.2. The average Bonchev–Trinajstić information content (AvgIpc) is 3.00. The summed E-state index contributed by atoms with van der Waals surface area (Å²) in [5.74, 6) is -1.76. The highest BCUT2D eigenvalue weighted by Crippen LogP contribution is 2.75. The SMILES string of the molecule is CC(=O)OCC1OC(OC2CCC3(C)C(CCC4(C)C3C(=O)C=C3C5CC(C)(C(=O)O)CCC5(C)CC(O)C34C)C2(C)C)C(O)C(O)C1O. The number of carboxylic acids is 1. The molecule has 11 nitrogen and oxygen atoms in total. The minimum atomic E-state index is -1.56. The Hall–Kier alpha value is -1.89. The normalized spacial score (nSPS) is 52.1. The molecule has 5 aliphatic carbocycles. The summed E-state index contributed by atoms with van der Waals surface area (Å²) < 4.78 is 17.4. The van der Waals surface area contributed by atoms with Gasteiger partial charge in [0.2, 0.25) is 0 Å². The molecule has 0 amide bonds. The monoisotopic (exact) mass is 690 g/mol. The molecule has 6 rings (SSSR count). The number of hydrogen-bond donors (Lipinski definition) is 5. The summed E-state index contributed by atoms with van der Waals surface area (Å²) in [5, 5.41) is 54.3. The Bertz CT molecular complexity index is 1410. The van der Waals surface area contributed by atoms with Crippen LogP contribution in [0, 0.1) is 50.2 Å². The summed E-state index contributed by atoms with van der Waals surface area (Å²) in [6, 6.07) is 0. The second-order valence-electron chi connectivity index (χ2n) is 18.5. The third kappa shape index (κ3) is 5.22. The number of carbonyl (C=O) groups excluding carboxylic acids is 2. The van der Waals surface area contributed by atoms with Crippen molar-refractivity contribution in [1.29, 1.82) is 0 Å². The van der Waals surface area contributed by atoms with Crippen molar-refractivity contribution in [2.75, 3.05) is 6.61 Å². The number of carboxylic acid groups (broad SMARTS) is 1. The minimum absolute atomic E-state index is 0.0309. The van der Waals surface area contributed by atoms with Crippen molar-refractivity contribution < 1.29 is 54.1 Å². The maximum Gasteiger partial charge on any atom is 0.309 e. The fourth-order valence-corrected chi connectivity index (χ4v) is 12.3. The van der Waals surface area contributed by atoms with Crippen LogP contribution in [0.25, 0.3) is 0 Å². The third-order valence-electron chi connectivity index (χ3n) is 15.5. The third-order valence-corrected chi connectivity index (χ3v) is 15.5. The molecule has 1 aliphatic heterocycles. The maximum absolute atomic E-state index is 14.7. The molecule has 15 unspecified atom stereocenters. The molecule has 49 heavy (non-hydrogen) atoms. The Morgan fingerprint density at radius 2 is 1.57 bits per heavy atom. The standard InChI is InChI=1S/C38H58O11/c1-19(39)47-18-23-27(42)28(43)29(44)31(48-23)49-26-10-11-36(6)24(33(26,2)3)9-12-37(7)30(36)22(40)15-20-21-16-35(5,32(45)46)14-13-34(21,4)17-25(41)38(20,37)8/h15,21,23-31,41-44H,9-14,16-18H2,1-8H3,(H,45,46). The van der Waals surface area contributed by atoms with Crippen molar-refractivity contribution >= 4 is 17.7 Å². The van der Waals surface area contributed by atoms with Gasteiger partial charge >= 0.3 is 11.9 Å². The molecule has 15 atom stereocenters. The second kappa shape index (κ2) is 11.8. The van der Waals surface area contributed by atoms with Gasteiger partial charge in [0, 0.05) is 18.3 Å². The van der Waals surface area contributed by atoms with E-state index in [0.717, 1.165) is 12.0 Å². The van der Waals surface area contributed by atoms with E-state index in [-0.39, 0.29) is 35.6 Å². The molecule has 0 radical (unpaired) electrons. The highest BCUT2D eigenvalue weighted by molar-refractivity contribution is 5.96. The van der Waals surface area contributed by atoms with Gasteiger partial charge < -0.3 is 39.7 Å². The van der Waals surface area contributed by atoms with Crippen LogP contribution in [0.5, 0.6) is 0 Å². The number of ether oxygens (including phenoxy) is 3. The molecule has 4 saturated carbocycles. The van der Waals surface area contributed by atoms with Gasteiger partial charge in [-0.25, -0.2) is 0 Å². The van der Waals surface area contributed by atoms with Crippen molar-refractivity contribution in [2.45, 2.75) is 150 Å². The van der Waals surface area contributed by atoms with Crippen molar-refractivity contribution in [1.82, 2.24) is 0 Å². The van der Waals surface area contributed by atoms with Crippen molar-refractivity contribution in [3.63, 3.8) is 0 Å². The van der Waals surface area contributed by atoms with Gasteiger partial charge in [-0.1, -0.05) is 47.1 Å². The van der Waals surface area contributed by atoms with Crippen LogP contribution < -0.4 is 0 Å². The molecule has 11 heteroatoms. The van der Waals surface area contributed by atoms with Crippen LogP contribution in [-0.2, 0) is 28.6 Å². The lowest BCUT2D eigenvalue weighted by molar-refractivity contribution is -0.330. The summed E-state index contributed by atoms with van der Waals surface area (Å²) in [6.07, 6.45) is -1.23. The molecule has 1 heterocycles. The van der Waals surface area contributed by atoms with Crippen LogP contribution in [0.1, 0.15) is 107 Å². The second-order valence-corrected chi connectivity index (χ2v) is 18.5. The number of aliphatic hydroxyl groups excluding tert-OH is 4. The number of esters is 1. The molecule has 0 spiro atoms. The zero-order valence-corrected chi connectivity index (χ0v) is 30.4. The van der Waals surface area contributed by atoms with Gasteiger partial charge in [0.1, 0.15) is 31.0 Å². The van der Waals surface area contributed by atoms with E-state index in [4.69, 9.17) is 14.2 Å². The number of allylic oxidation sites excluding steroid dienone is 1. The molecular weight excluding hydrogens is 632 g/mol. The lowest BCUT2D eigenvalue weighted by Gasteiger charge is -2.71. The molecule has 0 aromatic carbocycles. The summed E-state index contributed by atoms with van der Waals surface area (Å²) in [7, 11) is 0. The number of ketones is 1. The van der Waals surface area contributed by atoms with Gasteiger partial charge in [-0.15, -0.1) is 0 Å². The molecule has 276 valence electrons. The van der Waals surface area contributed by atoms with Crippen LogP contribution in [-0.4, -0.2) is 92.8 Å². The predicted octanol–water partition coefficient (Wildman–Crippen LogP) is 3.78. The first-order valence-electron chi connectivity index (χ1n) is 18.2. The average molecular weight is 691 g/mol. The molecular formula is C38H58O11. The van der Waals surface area contributed by atoms with E-state index < -0.39 is 81.9 Å². The molecule has 1 saturated heterocycles. The summed E-state index contributed by atoms with van der Waals surface area (Å²) in [4.78, 5) is 38.5. The van der Waals surface area contributed by atoms with E-state index in [1.165, 1.54) is 6.92 Å². The quantitative estimate of drug-likeness (QED) is 0.209. The maximum atomic E-state index is 14.7. The first-order chi connectivity index (χ1) is 22.6. The Labute approximate surface area is 289 Å². The fourth-order valence-electron chi connectivity index (χ4n) is 12.3. The Morgan fingerprint density at radius 1 is 0.898 bits per heavy atom. The molecule has 5 fully saturated rings. The van der Waals surface area contributed by atoms with Gasteiger partial charge in [0.05, 0.1) is 17.6 Å². The summed E-state index contributed by atoms with van der Waals surface area (Å²) >= 11 is 0. The van der Waals surface area contributed by atoms with E-state index in [9.17, 15) is 39.9 Å². The summed E-state index contributed by atoms with van der Waals surface area (Å²) in [6.45, 7) is 15.7. The highest BCUT2D eigenvalue weighted by Gasteiger charge is 2.72. The molecule has 5 N–H and O–H groups in total. The number of fused-ring (bicyclic) bond motifs is 7. The van der Waals surface area contributed by atoms with E-state index in [1.54, 1.807) is 0 Å². The number of rotatable bonds is 5. The fraction of sp³-hybridized carbons (Fsp3) is 0.868. The Kier molecular flexibility index (Phi) is 8.90. The molecule has 0 aromatic heterocycles. The molecule has 0 bridgehead atoms. The van der Waals surface area contributed by atoms with Crippen LogP contribution in [0.2, 0.25) is 0 Å². The van der Waals surface area contributed by atoms with Gasteiger partial charge in [-0.05, 0) is 97.9 Å². The van der Waals surface area contributed by atoms with Crippen LogP contribution >= 0.6 is 0 Å². The van der Waals surface area contributed by atoms with Gasteiger partial charge in [-0.3, -0.25) is 14.4 Å². The predicted molar refractivity (Wildman–Crippen MR) is 177 cm³/mol. The lowest BCUT2D eigenvalue weighted by Crippen LogP contribution is -2.69. The molecule has 0 aromatic rings. The highest BCUT2D eigenvalue weighted by atomic mass is 16.7. The van der Waals surface area contributed by atoms with Gasteiger partial charge in [-0.2, -0.15) is 0 Å². The Balaban J connectivity index is 1.30. The van der Waals surface area contributed by atoms with Crippen molar-refractivity contribution in [3.05, 3.63) is 11.6 Å². The Morgan fingerprint density at radius 3 is 2.20 bits per heavy atom. The van der Waals surface area contributed by atoms with Crippen LogP contribution in [0.4, 0.5) is 0 Å². The largest absolute Gasteiger partial charge is 0.481 e. The topological polar surface area (TPSA) is 180 Å². The summed E-state index contributed by atoms with van der Waals surface area (Å²) in [5.41, 5.74) is -2.43. The number of aliphatic carboxylic acids is 1. The van der Waals surface area contributed by atoms with E-state index >= 15 is 0 Å². The number of aliphatic hydroxyl groups is 4. The smallest absolute Gasteiger partial charge is 0.309 e. The van der Waals surface area contributed by atoms with E-state index in [2.05, 4.69) is 41.5 Å². The number of hydrogen-bond acceptors (Lipinski definition) is 10.